The minimum Gasteiger partial charge on any atom is -0.354 e. The predicted molar refractivity (Wildman–Crippen MR) is 75.2 cm³/mol. The summed E-state index contributed by atoms with van der Waals surface area (Å²) in [5.41, 5.74) is 4.70. The summed E-state index contributed by atoms with van der Waals surface area (Å²) in [4.78, 5) is 11.4. The lowest BCUT2D eigenvalue weighted by Crippen LogP contribution is -2.49. The van der Waals surface area contributed by atoms with Gasteiger partial charge in [-0.15, -0.1) is 12.4 Å². The van der Waals surface area contributed by atoms with E-state index in [0.717, 1.165) is 0 Å². The van der Waals surface area contributed by atoms with Gasteiger partial charge in [-0.2, -0.15) is 0 Å². The molecule has 0 aromatic rings. The average Bonchev–Trinajstić information content (AvgIpc) is 2.13. The van der Waals surface area contributed by atoms with Crippen LogP contribution in [-0.2, 0) is 14.8 Å². The summed E-state index contributed by atoms with van der Waals surface area (Å²) in [5.74, 6) is -0.236. The minimum absolute atomic E-state index is 0. The average molecular weight is 302 g/mol. The van der Waals surface area contributed by atoms with E-state index in [9.17, 15) is 13.2 Å². The van der Waals surface area contributed by atoms with Gasteiger partial charge in [0.2, 0.25) is 15.9 Å². The number of nitrogens with zero attached hydrogens (tertiary/aromatic N) is 1. The molecule has 0 spiro atoms. The number of nitrogens with one attached hydrogen (secondary N) is 1. The molecule has 0 fully saturated rings. The van der Waals surface area contributed by atoms with Gasteiger partial charge in [-0.1, -0.05) is 6.92 Å². The molecule has 110 valence electrons. The summed E-state index contributed by atoms with van der Waals surface area (Å²) in [6.45, 7) is 6.29. The van der Waals surface area contributed by atoms with Crippen LogP contribution in [0.5, 0.6) is 0 Å². The number of amides is 1. The molecule has 0 bridgehead atoms. The Labute approximate surface area is 116 Å². The maximum atomic E-state index is 11.4. The molecule has 0 saturated heterocycles. The third-order valence-corrected chi connectivity index (χ3v) is 3.66. The van der Waals surface area contributed by atoms with Crippen molar-refractivity contribution >= 4 is 28.3 Å². The predicted octanol–water partition coefficient (Wildman–Crippen LogP) is -0.0667. The largest absolute Gasteiger partial charge is 0.354 e. The van der Waals surface area contributed by atoms with Crippen LogP contribution in [0.15, 0.2) is 0 Å². The van der Waals surface area contributed by atoms with Crippen LogP contribution in [0.2, 0.25) is 0 Å². The van der Waals surface area contributed by atoms with Crippen LogP contribution >= 0.6 is 12.4 Å². The fourth-order valence-corrected chi connectivity index (χ4v) is 2.17. The normalized spacial score (nSPS) is 12.1. The number of carbonyl (C=O) groups excluding carboxylic acids is 1. The molecule has 0 radical (unpaired) electrons. The highest BCUT2D eigenvalue weighted by Crippen LogP contribution is 1.99. The highest BCUT2D eigenvalue weighted by Gasteiger charge is 2.21. The molecule has 0 aliphatic heterocycles. The van der Waals surface area contributed by atoms with E-state index in [1.165, 1.54) is 10.6 Å². The van der Waals surface area contributed by atoms with Crippen molar-refractivity contribution in [2.24, 2.45) is 5.73 Å². The molecule has 1 amide bonds. The van der Waals surface area contributed by atoms with E-state index in [1.54, 1.807) is 20.8 Å². The lowest BCUT2D eigenvalue weighted by molar-refractivity contribution is -0.125. The molecule has 3 N–H and O–H groups in total. The van der Waals surface area contributed by atoms with Gasteiger partial charge < -0.3 is 11.1 Å². The zero-order valence-corrected chi connectivity index (χ0v) is 13.0. The molecule has 0 aliphatic rings. The number of carbonyl (C=O) groups is 1. The summed E-state index contributed by atoms with van der Waals surface area (Å²) in [6.07, 6.45) is 1.75. The Bertz CT molecular complexity index is 352. The zero-order chi connectivity index (χ0) is 13.7. The van der Waals surface area contributed by atoms with Gasteiger partial charge in [-0.25, -0.2) is 12.7 Å². The molecular formula is C10H24ClN3O3S. The number of hydrogen-bond acceptors (Lipinski definition) is 4. The summed E-state index contributed by atoms with van der Waals surface area (Å²) in [6, 6.07) is 0. The SMILES string of the molecule is CCN(CCCNC(=O)C(C)(C)N)S(C)(=O)=O.Cl. The Morgan fingerprint density at radius 3 is 2.22 bits per heavy atom. The van der Waals surface area contributed by atoms with Gasteiger partial charge in [0.25, 0.3) is 0 Å². The number of halogens is 1. The van der Waals surface area contributed by atoms with E-state index >= 15 is 0 Å². The van der Waals surface area contributed by atoms with Crippen molar-refractivity contribution in [3.05, 3.63) is 0 Å². The Balaban J connectivity index is 0. The first-order chi connectivity index (χ1) is 7.59. The first-order valence-corrected chi connectivity index (χ1v) is 7.46. The van der Waals surface area contributed by atoms with Crippen molar-refractivity contribution in [2.45, 2.75) is 32.7 Å². The summed E-state index contributed by atoms with van der Waals surface area (Å²) in [7, 11) is -3.15. The second kappa shape index (κ2) is 7.93. The molecule has 0 unspecified atom stereocenters. The molecule has 18 heavy (non-hydrogen) atoms. The van der Waals surface area contributed by atoms with E-state index in [4.69, 9.17) is 5.73 Å². The van der Waals surface area contributed by atoms with Gasteiger partial charge in [0.15, 0.2) is 0 Å². The van der Waals surface area contributed by atoms with Crippen molar-refractivity contribution in [2.75, 3.05) is 25.9 Å². The fourth-order valence-electron chi connectivity index (χ4n) is 1.24. The highest BCUT2D eigenvalue weighted by molar-refractivity contribution is 7.88. The quantitative estimate of drug-likeness (QED) is 0.644. The first kappa shape index (κ1) is 20.0. The van der Waals surface area contributed by atoms with Gasteiger partial charge in [-0.3, -0.25) is 4.79 Å². The monoisotopic (exact) mass is 301 g/mol. The van der Waals surface area contributed by atoms with E-state index in [-0.39, 0.29) is 18.3 Å². The highest BCUT2D eigenvalue weighted by atomic mass is 35.5. The van der Waals surface area contributed by atoms with Crippen molar-refractivity contribution in [3.63, 3.8) is 0 Å². The number of rotatable bonds is 7. The third kappa shape index (κ3) is 7.86. The maximum Gasteiger partial charge on any atom is 0.239 e. The van der Waals surface area contributed by atoms with Crippen molar-refractivity contribution in [1.29, 1.82) is 0 Å². The van der Waals surface area contributed by atoms with Crippen LogP contribution in [-0.4, -0.2) is 50.1 Å². The molecule has 0 saturated carbocycles. The van der Waals surface area contributed by atoms with Gasteiger partial charge in [0.1, 0.15) is 0 Å². The van der Waals surface area contributed by atoms with Crippen molar-refractivity contribution < 1.29 is 13.2 Å². The second-order valence-corrected chi connectivity index (χ2v) is 6.57. The minimum atomic E-state index is -3.15. The van der Waals surface area contributed by atoms with Gasteiger partial charge in [0.05, 0.1) is 11.8 Å². The Morgan fingerprint density at radius 1 is 1.39 bits per heavy atom. The number of sulfonamides is 1. The molecule has 8 heteroatoms. The summed E-state index contributed by atoms with van der Waals surface area (Å²) < 4.78 is 23.9. The molecular weight excluding hydrogens is 278 g/mol. The van der Waals surface area contributed by atoms with Gasteiger partial charge in [-0.05, 0) is 20.3 Å². The van der Waals surface area contributed by atoms with Crippen molar-refractivity contribution in [3.8, 4) is 0 Å². The number of nitrogens with two attached hydrogens (primary N) is 1. The van der Waals surface area contributed by atoms with Crippen LogP contribution in [0.1, 0.15) is 27.2 Å². The van der Waals surface area contributed by atoms with E-state index < -0.39 is 15.6 Å². The van der Waals surface area contributed by atoms with Crippen LogP contribution < -0.4 is 11.1 Å². The van der Waals surface area contributed by atoms with Crippen LogP contribution in [0.4, 0.5) is 0 Å². The fraction of sp³-hybridized carbons (Fsp3) is 0.900. The molecule has 0 aromatic carbocycles. The Morgan fingerprint density at radius 2 is 1.89 bits per heavy atom. The Kier molecular flexibility index (Phi) is 8.80. The Hall–Kier alpha value is -0.370. The molecule has 6 nitrogen and oxygen atoms in total. The lowest BCUT2D eigenvalue weighted by Gasteiger charge is -2.20. The molecule has 0 rings (SSSR count). The standard InChI is InChI=1S/C10H23N3O3S.ClH/c1-5-13(17(4,15)16)8-6-7-12-9(14)10(2,3)11;/h5-8,11H2,1-4H3,(H,12,14);1H. The lowest BCUT2D eigenvalue weighted by atomic mass is 10.1. The van der Waals surface area contributed by atoms with Crippen molar-refractivity contribution in [1.82, 2.24) is 9.62 Å². The summed E-state index contributed by atoms with van der Waals surface area (Å²) in [5, 5.41) is 2.67. The maximum absolute atomic E-state index is 11.4. The first-order valence-electron chi connectivity index (χ1n) is 5.61. The van der Waals surface area contributed by atoms with E-state index in [1.807, 2.05) is 0 Å². The third-order valence-electron chi connectivity index (χ3n) is 2.28. The zero-order valence-electron chi connectivity index (χ0n) is 11.4. The van der Waals surface area contributed by atoms with Gasteiger partial charge >= 0.3 is 0 Å². The number of hydrogen-bond donors (Lipinski definition) is 2. The molecule has 0 aromatic heterocycles. The smallest absolute Gasteiger partial charge is 0.239 e. The van der Waals surface area contributed by atoms with E-state index in [0.29, 0.717) is 26.1 Å². The van der Waals surface area contributed by atoms with Crippen LogP contribution in [0.25, 0.3) is 0 Å². The van der Waals surface area contributed by atoms with Crippen LogP contribution in [0.3, 0.4) is 0 Å². The molecule has 0 aliphatic carbocycles. The topological polar surface area (TPSA) is 92.5 Å². The molecule has 0 atom stereocenters. The van der Waals surface area contributed by atoms with E-state index in [2.05, 4.69) is 5.32 Å². The van der Waals surface area contributed by atoms with Gasteiger partial charge in [0, 0.05) is 19.6 Å². The second-order valence-electron chi connectivity index (χ2n) is 4.59. The molecule has 0 heterocycles. The summed E-state index contributed by atoms with van der Waals surface area (Å²) >= 11 is 0. The van der Waals surface area contributed by atoms with Crippen LogP contribution in [0, 0.1) is 0 Å².